The molecule has 0 spiro atoms. The summed E-state index contributed by atoms with van der Waals surface area (Å²) in [7, 11) is 0. The van der Waals surface area contributed by atoms with Crippen LogP contribution in [-0.4, -0.2) is 5.97 Å². The van der Waals surface area contributed by atoms with Crippen LogP contribution in [0.2, 0.25) is 5.02 Å². The number of carbonyl (C=O) groups excluding carboxylic acids is 1. The van der Waals surface area contributed by atoms with Gasteiger partial charge in [0.05, 0.1) is 5.69 Å². The van der Waals surface area contributed by atoms with E-state index in [1.54, 1.807) is 17.5 Å². The van der Waals surface area contributed by atoms with Gasteiger partial charge in [0.1, 0.15) is 11.5 Å². The van der Waals surface area contributed by atoms with E-state index < -0.39 is 5.97 Å². The minimum Gasteiger partial charge on any atom is -0.457 e. The molecule has 0 saturated carbocycles. The molecule has 1 aromatic heterocycles. The number of halogens is 1. The van der Waals surface area contributed by atoms with Crippen molar-refractivity contribution in [3.05, 3.63) is 51.2 Å². The van der Waals surface area contributed by atoms with Crippen LogP contribution in [0, 0.1) is 0 Å². The van der Waals surface area contributed by atoms with Crippen molar-refractivity contribution in [2.45, 2.75) is 6.61 Å². The number of hydrogen-bond acceptors (Lipinski definition) is 4. The Labute approximate surface area is 108 Å². The molecule has 0 atom stereocenters. The van der Waals surface area contributed by atoms with Gasteiger partial charge in [0.25, 0.3) is 0 Å². The molecule has 3 nitrogen and oxygen atoms in total. The maximum absolute atomic E-state index is 11.7. The Morgan fingerprint density at radius 2 is 2.12 bits per heavy atom. The Balaban J connectivity index is 2.02. The van der Waals surface area contributed by atoms with Gasteiger partial charge in [-0.2, -0.15) is 0 Å². The maximum atomic E-state index is 11.7. The number of ether oxygens (including phenoxy) is 1. The van der Waals surface area contributed by atoms with Crippen LogP contribution in [0.15, 0.2) is 35.7 Å². The second-order valence-electron chi connectivity index (χ2n) is 3.37. The molecule has 2 N–H and O–H groups in total. The normalized spacial score (nSPS) is 10.2. The lowest BCUT2D eigenvalue weighted by molar-refractivity contribution is 0.0480. The summed E-state index contributed by atoms with van der Waals surface area (Å²) in [4.78, 5) is 12.1. The predicted octanol–water partition coefficient (Wildman–Crippen LogP) is 3.34. The molecule has 0 fully saturated rings. The maximum Gasteiger partial charge on any atom is 0.350 e. The van der Waals surface area contributed by atoms with Crippen molar-refractivity contribution in [2.75, 3.05) is 5.73 Å². The van der Waals surface area contributed by atoms with Gasteiger partial charge in [-0.3, -0.25) is 0 Å². The first-order valence-electron chi connectivity index (χ1n) is 4.92. The molecule has 2 rings (SSSR count). The highest BCUT2D eigenvalue weighted by Crippen LogP contribution is 2.21. The molecular weight excluding hydrogens is 258 g/mol. The third-order valence-electron chi connectivity index (χ3n) is 2.20. The highest BCUT2D eigenvalue weighted by molar-refractivity contribution is 7.12. The summed E-state index contributed by atoms with van der Waals surface area (Å²) in [5.41, 5.74) is 6.84. The second-order valence-corrected chi connectivity index (χ2v) is 4.70. The quantitative estimate of drug-likeness (QED) is 0.868. The van der Waals surface area contributed by atoms with Gasteiger partial charge in [0.2, 0.25) is 0 Å². The molecule has 2 aromatic rings. The van der Waals surface area contributed by atoms with Crippen LogP contribution in [0.1, 0.15) is 15.2 Å². The second kappa shape index (κ2) is 5.21. The lowest BCUT2D eigenvalue weighted by Gasteiger charge is -2.05. The predicted molar refractivity (Wildman–Crippen MR) is 69.3 cm³/mol. The van der Waals surface area contributed by atoms with Gasteiger partial charge in [-0.25, -0.2) is 4.79 Å². The van der Waals surface area contributed by atoms with E-state index in [0.717, 1.165) is 5.56 Å². The highest BCUT2D eigenvalue weighted by Gasteiger charge is 2.13. The molecule has 0 bridgehead atoms. The number of nitrogens with two attached hydrogens (primary N) is 1. The van der Waals surface area contributed by atoms with E-state index in [0.29, 0.717) is 15.6 Å². The minimum absolute atomic E-state index is 0.149. The molecule has 88 valence electrons. The zero-order valence-electron chi connectivity index (χ0n) is 8.85. The van der Waals surface area contributed by atoms with Crippen molar-refractivity contribution >= 4 is 34.6 Å². The monoisotopic (exact) mass is 267 g/mol. The third-order valence-corrected chi connectivity index (χ3v) is 3.48. The first-order valence-corrected chi connectivity index (χ1v) is 6.17. The van der Waals surface area contributed by atoms with Gasteiger partial charge in [0, 0.05) is 10.6 Å². The smallest absolute Gasteiger partial charge is 0.350 e. The van der Waals surface area contributed by atoms with Gasteiger partial charge < -0.3 is 10.5 Å². The summed E-state index contributed by atoms with van der Waals surface area (Å²) in [5.74, 6) is -0.419. The van der Waals surface area contributed by atoms with Crippen molar-refractivity contribution in [1.29, 1.82) is 0 Å². The van der Waals surface area contributed by atoms with Gasteiger partial charge >= 0.3 is 5.97 Å². The fraction of sp³-hybridized carbons (Fsp3) is 0.0833. The zero-order valence-corrected chi connectivity index (χ0v) is 10.4. The summed E-state index contributed by atoms with van der Waals surface area (Å²) >= 11 is 7.21. The lowest BCUT2D eigenvalue weighted by Crippen LogP contribution is -2.05. The fourth-order valence-electron chi connectivity index (χ4n) is 1.31. The number of carbonyl (C=O) groups is 1. The number of thiophene rings is 1. The first kappa shape index (κ1) is 12.0. The molecule has 5 heteroatoms. The van der Waals surface area contributed by atoms with Crippen LogP contribution in [-0.2, 0) is 11.3 Å². The number of anilines is 1. The summed E-state index contributed by atoms with van der Waals surface area (Å²) in [6, 6.07) is 8.91. The molecule has 0 aliphatic heterocycles. The van der Waals surface area contributed by atoms with Crippen LogP contribution < -0.4 is 5.73 Å². The van der Waals surface area contributed by atoms with E-state index in [9.17, 15) is 4.79 Å². The van der Waals surface area contributed by atoms with Crippen molar-refractivity contribution in [1.82, 2.24) is 0 Å². The fourth-order valence-corrected chi connectivity index (χ4v) is 2.21. The minimum atomic E-state index is -0.419. The zero-order chi connectivity index (χ0) is 12.3. The van der Waals surface area contributed by atoms with E-state index in [-0.39, 0.29) is 6.61 Å². The van der Waals surface area contributed by atoms with Gasteiger partial charge in [-0.15, -0.1) is 11.3 Å². The van der Waals surface area contributed by atoms with Gasteiger partial charge in [-0.05, 0) is 17.5 Å². The average molecular weight is 268 g/mol. The Hall–Kier alpha value is -1.52. The number of nitrogen functional groups attached to an aromatic ring is 1. The van der Waals surface area contributed by atoms with Crippen molar-refractivity contribution in [2.24, 2.45) is 0 Å². The third kappa shape index (κ3) is 2.78. The van der Waals surface area contributed by atoms with Crippen molar-refractivity contribution in [3.8, 4) is 0 Å². The van der Waals surface area contributed by atoms with Crippen LogP contribution in [0.25, 0.3) is 0 Å². The number of esters is 1. The molecule has 0 saturated heterocycles. The molecule has 0 radical (unpaired) electrons. The molecule has 0 unspecified atom stereocenters. The van der Waals surface area contributed by atoms with E-state index in [1.807, 2.05) is 18.2 Å². The highest BCUT2D eigenvalue weighted by atomic mass is 35.5. The SMILES string of the molecule is Nc1ccsc1C(=O)OCc1ccccc1Cl. The number of rotatable bonds is 3. The lowest BCUT2D eigenvalue weighted by atomic mass is 10.2. The summed E-state index contributed by atoms with van der Waals surface area (Å²) in [6.45, 7) is 0.149. The van der Waals surface area contributed by atoms with Crippen LogP contribution in [0.4, 0.5) is 5.69 Å². The summed E-state index contributed by atoms with van der Waals surface area (Å²) < 4.78 is 5.14. The van der Waals surface area contributed by atoms with Gasteiger partial charge in [-0.1, -0.05) is 29.8 Å². The summed E-state index contributed by atoms with van der Waals surface area (Å²) in [5, 5.41) is 2.33. The van der Waals surface area contributed by atoms with E-state index in [1.165, 1.54) is 11.3 Å². The van der Waals surface area contributed by atoms with Crippen LogP contribution in [0.3, 0.4) is 0 Å². The molecule has 17 heavy (non-hydrogen) atoms. The van der Waals surface area contributed by atoms with E-state index >= 15 is 0 Å². The van der Waals surface area contributed by atoms with Gasteiger partial charge in [0.15, 0.2) is 0 Å². The van der Waals surface area contributed by atoms with E-state index in [4.69, 9.17) is 22.1 Å². The Bertz CT molecular complexity index is 539. The Morgan fingerprint density at radius 1 is 1.35 bits per heavy atom. The first-order chi connectivity index (χ1) is 8.18. The van der Waals surface area contributed by atoms with Crippen molar-refractivity contribution < 1.29 is 9.53 Å². The largest absolute Gasteiger partial charge is 0.457 e. The van der Waals surface area contributed by atoms with E-state index in [2.05, 4.69) is 0 Å². The van der Waals surface area contributed by atoms with Crippen LogP contribution >= 0.6 is 22.9 Å². The topological polar surface area (TPSA) is 52.3 Å². The average Bonchev–Trinajstić information content (AvgIpc) is 2.74. The Morgan fingerprint density at radius 3 is 2.76 bits per heavy atom. The molecule has 1 aromatic carbocycles. The molecule has 0 aliphatic carbocycles. The Kier molecular flexibility index (Phi) is 3.66. The molecule has 0 amide bonds. The number of benzene rings is 1. The molecular formula is C12H10ClNO2S. The van der Waals surface area contributed by atoms with Crippen LogP contribution in [0.5, 0.6) is 0 Å². The van der Waals surface area contributed by atoms with Crippen molar-refractivity contribution in [3.63, 3.8) is 0 Å². The number of hydrogen-bond donors (Lipinski definition) is 1. The molecule has 0 aliphatic rings. The standard InChI is InChI=1S/C12H10ClNO2S/c13-9-4-2-1-3-8(9)7-16-12(15)11-10(14)5-6-17-11/h1-6H,7,14H2. The summed E-state index contributed by atoms with van der Waals surface area (Å²) in [6.07, 6.45) is 0. The molecule has 1 heterocycles.